The average molecular weight is 520 g/mol. The molecule has 194 valence electrons. The summed E-state index contributed by atoms with van der Waals surface area (Å²) in [6.45, 7) is 10.2. The number of rotatable bonds is 6. The van der Waals surface area contributed by atoms with Gasteiger partial charge in [-0.1, -0.05) is 30.4 Å². The lowest BCUT2D eigenvalue weighted by atomic mass is 9.83. The molecule has 1 aromatic carbocycles. The normalized spacial score (nSPS) is 20.2. The van der Waals surface area contributed by atoms with E-state index in [0.717, 1.165) is 102 Å². The Morgan fingerprint density at radius 1 is 0.919 bits per heavy atom. The Morgan fingerprint density at radius 2 is 1.73 bits per heavy atom. The topological polar surface area (TPSA) is 81.4 Å². The Morgan fingerprint density at radius 3 is 2.49 bits per heavy atom. The van der Waals surface area contributed by atoms with Crippen molar-refractivity contribution in [2.45, 2.75) is 32.7 Å². The summed E-state index contributed by atoms with van der Waals surface area (Å²) < 4.78 is 13.2. The molecule has 9 nitrogen and oxygen atoms in total. The first-order valence-corrected chi connectivity index (χ1v) is 14.4. The highest BCUT2D eigenvalue weighted by molar-refractivity contribution is 7.18. The number of nitrogens with zero attached hydrogens (tertiary/aromatic N) is 7. The number of hydrogen-bond acceptors (Lipinski definition) is 9. The second-order valence-electron chi connectivity index (χ2n) is 10.3. The molecule has 0 saturated carbocycles. The van der Waals surface area contributed by atoms with Crippen LogP contribution in [0.2, 0.25) is 0 Å². The number of morpholine rings is 1. The van der Waals surface area contributed by atoms with Gasteiger partial charge in [-0.15, -0.1) is 0 Å². The molecule has 7 rings (SSSR count). The Balaban J connectivity index is 1.24. The zero-order valence-electron chi connectivity index (χ0n) is 21.3. The summed E-state index contributed by atoms with van der Waals surface area (Å²) in [4.78, 5) is 26.0. The van der Waals surface area contributed by atoms with Crippen LogP contribution < -0.4 is 4.90 Å². The van der Waals surface area contributed by atoms with Gasteiger partial charge in [0.05, 0.1) is 44.0 Å². The third-order valence-electron chi connectivity index (χ3n) is 8.05. The van der Waals surface area contributed by atoms with E-state index < -0.39 is 0 Å². The second-order valence-corrected chi connectivity index (χ2v) is 11.4. The van der Waals surface area contributed by atoms with Gasteiger partial charge in [0, 0.05) is 25.4 Å². The number of hydrogen-bond donors (Lipinski definition) is 0. The number of para-hydroxylation sites is 2. The second kappa shape index (κ2) is 9.90. The molecule has 0 amide bonds. The van der Waals surface area contributed by atoms with Gasteiger partial charge in [0.2, 0.25) is 5.95 Å². The van der Waals surface area contributed by atoms with Crippen LogP contribution in [0.3, 0.4) is 0 Å². The minimum Gasteiger partial charge on any atom is -0.381 e. The summed E-state index contributed by atoms with van der Waals surface area (Å²) in [6.07, 6.45) is 3.32. The van der Waals surface area contributed by atoms with Gasteiger partial charge < -0.3 is 14.4 Å². The van der Waals surface area contributed by atoms with Gasteiger partial charge in [-0.05, 0) is 44.0 Å². The molecule has 0 bridgehead atoms. The first-order chi connectivity index (χ1) is 18.3. The highest BCUT2D eigenvalue weighted by Crippen LogP contribution is 2.34. The van der Waals surface area contributed by atoms with Crippen molar-refractivity contribution in [3.63, 3.8) is 0 Å². The van der Waals surface area contributed by atoms with Gasteiger partial charge in [-0.3, -0.25) is 9.47 Å². The number of imidazole rings is 1. The van der Waals surface area contributed by atoms with Gasteiger partial charge in [0.15, 0.2) is 10.6 Å². The minimum atomic E-state index is 0.679. The lowest BCUT2D eigenvalue weighted by molar-refractivity contribution is -0.0726. The van der Waals surface area contributed by atoms with Crippen LogP contribution in [0.15, 0.2) is 24.3 Å². The first-order valence-electron chi connectivity index (χ1n) is 13.5. The quantitative estimate of drug-likeness (QED) is 0.382. The van der Waals surface area contributed by atoms with E-state index in [1.807, 2.05) is 12.1 Å². The van der Waals surface area contributed by atoms with E-state index in [0.29, 0.717) is 19.2 Å². The third-order valence-corrected chi connectivity index (χ3v) is 8.99. The minimum absolute atomic E-state index is 0.679. The fraction of sp³-hybridized carbons (Fsp3) is 0.556. The zero-order valence-corrected chi connectivity index (χ0v) is 22.1. The van der Waals surface area contributed by atoms with Crippen LogP contribution in [0.25, 0.3) is 27.3 Å². The van der Waals surface area contributed by atoms with Crippen molar-refractivity contribution in [1.82, 2.24) is 29.4 Å². The molecule has 0 spiro atoms. The monoisotopic (exact) mass is 519 g/mol. The van der Waals surface area contributed by atoms with E-state index in [1.165, 1.54) is 12.8 Å². The number of fused-ring (bicyclic) bond motifs is 2. The molecule has 3 aliphatic rings. The lowest BCUT2D eigenvalue weighted by Crippen LogP contribution is -2.41. The van der Waals surface area contributed by atoms with Crippen LogP contribution in [-0.2, 0) is 22.4 Å². The predicted molar refractivity (Wildman–Crippen MR) is 145 cm³/mol. The van der Waals surface area contributed by atoms with Crippen LogP contribution in [-0.4, -0.2) is 82.0 Å². The summed E-state index contributed by atoms with van der Waals surface area (Å²) >= 11 is 1.71. The van der Waals surface area contributed by atoms with E-state index >= 15 is 0 Å². The number of aryl methyl sites for hydroxylation is 1. The molecule has 0 N–H and O–H groups in total. The van der Waals surface area contributed by atoms with Crippen molar-refractivity contribution in [2.24, 2.45) is 11.8 Å². The number of aromatic nitrogens is 5. The van der Waals surface area contributed by atoms with Gasteiger partial charge >= 0.3 is 0 Å². The Bertz CT molecular complexity index is 1400. The highest BCUT2D eigenvalue weighted by Gasteiger charge is 2.31. The molecule has 3 saturated heterocycles. The number of piperidine rings is 1. The fourth-order valence-electron chi connectivity index (χ4n) is 5.84. The number of likely N-dealkylation sites (tertiary alicyclic amines) is 1. The van der Waals surface area contributed by atoms with E-state index in [2.05, 4.69) is 33.4 Å². The van der Waals surface area contributed by atoms with Gasteiger partial charge in [-0.25, -0.2) is 9.97 Å². The van der Waals surface area contributed by atoms with Crippen molar-refractivity contribution in [3.8, 4) is 5.95 Å². The van der Waals surface area contributed by atoms with Crippen LogP contribution in [0.1, 0.15) is 30.6 Å². The molecule has 6 heterocycles. The van der Waals surface area contributed by atoms with Crippen LogP contribution >= 0.6 is 11.3 Å². The molecule has 0 unspecified atom stereocenters. The number of thiazole rings is 1. The maximum Gasteiger partial charge on any atom is 0.239 e. The summed E-state index contributed by atoms with van der Waals surface area (Å²) in [5.41, 5.74) is 2.92. The van der Waals surface area contributed by atoms with Crippen molar-refractivity contribution in [3.05, 3.63) is 35.1 Å². The molecule has 0 radical (unpaired) electrons. The smallest absolute Gasteiger partial charge is 0.239 e. The molecular weight excluding hydrogens is 486 g/mol. The number of anilines is 1. The molecule has 37 heavy (non-hydrogen) atoms. The van der Waals surface area contributed by atoms with E-state index in [9.17, 15) is 0 Å². The van der Waals surface area contributed by atoms with Crippen molar-refractivity contribution in [2.75, 3.05) is 57.5 Å². The average Bonchev–Trinajstić information content (AvgIpc) is 3.49. The summed E-state index contributed by atoms with van der Waals surface area (Å²) in [5.74, 6) is 4.16. The molecule has 0 aliphatic carbocycles. The largest absolute Gasteiger partial charge is 0.381 e. The third kappa shape index (κ3) is 4.39. The zero-order chi connectivity index (χ0) is 24.8. The highest BCUT2D eigenvalue weighted by atomic mass is 32.1. The fourth-order valence-corrected chi connectivity index (χ4v) is 6.81. The van der Waals surface area contributed by atoms with E-state index in [4.69, 9.17) is 29.4 Å². The summed E-state index contributed by atoms with van der Waals surface area (Å²) in [5, 5.41) is 1.12. The van der Waals surface area contributed by atoms with Gasteiger partial charge in [-0.2, -0.15) is 9.97 Å². The van der Waals surface area contributed by atoms with Crippen LogP contribution in [0.5, 0.6) is 0 Å². The maximum atomic E-state index is 5.64. The Kier molecular flexibility index (Phi) is 6.28. The first kappa shape index (κ1) is 23.5. The van der Waals surface area contributed by atoms with Gasteiger partial charge in [0.25, 0.3) is 0 Å². The number of ether oxygens (including phenoxy) is 2. The van der Waals surface area contributed by atoms with Crippen LogP contribution in [0.4, 0.5) is 5.82 Å². The van der Waals surface area contributed by atoms with Crippen molar-refractivity contribution < 1.29 is 9.47 Å². The van der Waals surface area contributed by atoms with Gasteiger partial charge in [0.1, 0.15) is 16.3 Å². The molecule has 3 aliphatic heterocycles. The van der Waals surface area contributed by atoms with E-state index in [1.54, 1.807) is 11.3 Å². The van der Waals surface area contributed by atoms with E-state index in [-0.39, 0.29) is 0 Å². The van der Waals surface area contributed by atoms with Crippen molar-refractivity contribution in [1.29, 1.82) is 0 Å². The molecule has 4 aromatic rings. The standard InChI is InChI=1S/C27H33N7O2S/c1-2-22-28-20-5-3-4-6-21(20)34(22)27-30-25(33-11-13-35-14-12-33)24-26(31-27)37-23(29-24)15-32-9-7-18(8-10-32)19-16-36-17-19/h3-6,18-19H,2,7-17H2,1H3. The Labute approximate surface area is 220 Å². The molecule has 0 atom stereocenters. The molecule has 3 aromatic heterocycles. The summed E-state index contributed by atoms with van der Waals surface area (Å²) in [7, 11) is 0. The summed E-state index contributed by atoms with van der Waals surface area (Å²) in [6, 6.07) is 8.23. The molecule has 10 heteroatoms. The van der Waals surface area contributed by atoms with Crippen molar-refractivity contribution >= 4 is 38.5 Å². The maximum absolute atomic E-state index is 5.64. The SMILES string of the molecule is CCc1nc2ccccc2n1-c1nc(N2CCOCC2)c2nc(CN3CCC(C4COC4)CC3)sc2n1. The number of benzene rings is 1. The Hall–Kier alpha value is -2.66. The molecular formula is C27H33N7O2S. The lowest BCUT2D eigenvalue weighted by Gasteiger charge is -2.39. The van der Waals surface area contributed by atoms with Crippen LogP contribution in [0, 0.1) is 11.8 Å². The predicted octanol–water partition coefficient (Wildman–Crippen LogP) is 3.68. The molecule has 3 fully saturated rings.